The van der Waals surface area contributed by atoms with Crippen molar-refractivity contribution in [2.75, 3.05) is 7.11 Å². The summed E-state index contributed by atoms with van der Waals surface area (Å²) < 4.78 is 5.24. The molecule has 0 saturated carbocycles. The van der Waals surface area contributed by atoms with Gasteiger partial charge in [-0.25, -0.2) is 0 Å². The third-order valence-corrected chi connectivity index (χ3v) is 3.89. The van der Waals surface area contributed by atoms with E-state index in [2.05, 4.69) is 32.0 Å². The highest BCUT2D eigenvalue weighted by atomic mass is 32.1. The van der Waals surface area contributed by atoms with Crippen LogP contribution in [-0.4, -0.2) is 12.2 Å². The molecule has 96 valence electrons. The van der Waals surface area contributed by atoms with E-state index in [0.29, 0.717) is 6.42 Å². The van der Waals surface area contributed by atoms with Crippen molar-refractivity contribution in [2.24, 2.45) is 0 Å². The molecule has 0 bridgehead atoms. The summed E-state index contributed by atoms with van der Waals surface area (Å²) in [5, 5.41) is 12.2. The molecule has 1 unspecified atom stereocenters. The molecule has 1 atom stereocenters. The Kier molecular flexibility index (Phi) is 4.04. The van der Waals surface area contributed by atoms with E-state index >= 15 is 0 Å². The minimum Gasteiger partial charge on any atom is -0.495 e. The average molecular weight is 262 g/mol. The molecular weight excluding hydrogens is 244 g/mol. The molecule has 0 radical (unpaired) electrons. The van der Waals surface area contributed by atoms with Gasteiger partial charge in [0.25, 0.3) is 0 Å². The minimum atomic E-state index is -0.499. The van der Waals surface area contributed by atoms with Gasteiger partial charge in [-0.2, -0.15) is 0 Å². The predicted octanol–water partition coefficient (Wildman–Crippen LogP) is 3.65. The first-order valence-corrected chi connectivity index (χ1v) is 6.84. The number of methoxy groups -OCH3 is 1. The molecule has 0 fully saturated rings. The molecule has 0 aliphatic heterocycles. The monoisotopic (exact) mass is 262 g/mol. The molecule has 0 spiro atoms. The van der Waals surface area contributed by atoms with Crippen molar-refractivity contribution in [1.29, 1.82) is 0 Å². The van der Waals surface area contributed by atoms with E-state index < -0.39 is 6.10 Å². The summed E-state index contributed by atoms with van der Waals surface area (Å²) >= 11 is 1.53. The summed E-state index contributed by atoms with van der Waals surface area (Å²) in [6.45, 7) is 4.16. The van der Waals surface area contributed by atoms with Gasteiger partial charge in [0, 0.05) is 6.42 Å². The predicted molar refractivity (Wildman–Crippen MR) is 75.5 cm³/mol. The van der Waals surface area contributed by atoms with Gasteiger partial charge in [0.1, 0.15) is 5.75 Å². The van der Waals surface area contributed by atoms with Crippen LogP contribution in [0.1, 0.15) is 27.7 Å². The Balaban J connectivity index is 2.18. The molecule has 1 heterocycles. The maximum Gasteiger partial charge on any atom is 0.135 e. The van der Waals surface area contributed by atoms with E-state index in [1.165, 1.54) is 22.5 Å². The summed E-state index contributed by atoms with van der Waals surface area (Å²) in [5.74, 6) is 0.775. The summed E-state index contributed by atoms with van der Waals surface area (Å²) in [4.78, 5) is 0.900. The fourth-order valence-electron chi connectivity index (χ4n) is 2.22. The Hall–Kier alpha value is -1.32. The lowest BCUT2D eigenvalue weighted by atomic mass is 10.0. The molecule has 2 nitrogen and oxygen atoms in total. The van der Waals surface area contributed by atoms with Crippen molar-refractivity contribution in [3.05, 3.63) is 51.2 Å². The zero-order valence-corrected chi connectivity index (χ0v) is 11.8. The van der Waals surface area contributed by atoms with Gasteiger partial charge in [-0.1, -0.05) is 29.3 Å². The minimum absolute atomic E-state index is 0.499. The Morgan fingerprint density at radius 3 is 2.50 bits per heavy atom. The number of aryl methyl sites for hydroxylation is 2. The van der Waals surface area contributed by atoms with Crippen LogP contribution in [0, 0.1) is 13.8 Å². The molecule has 0 saturated heterocycles. The molecule has 1 aromatic carbocycles. The number of aliphatic hydroxyl groups is 1. The molecule has 0 aliphatic rings. The lowest BCUT2D eigenvalue weighted by Gasteiger charge is -2.12. The number of ether oxygens (including phenoxy) is 1. The second kappa shape index (κ2) is 5.55. The van der Waals surface area contributed by atoms with Gasteiger partial charge in [0.2, 0.25) is 0 Å². The number of hydrogen-bond donors (Lipinski definition) is 1. The van der Waals surface area contributed by atoms with Crippen molar-refractivity contribution in [1.82, 2.24) is 0 Å². The van der Waals surface area contributed by atoms with Crippen LogP contribution < -0.4 is 4.74 Å². The van der Waals surface area contributed by atoms with E-state index in [-0.39, 0.29) is 0 Å². The molecule has 2 aromatic rings. The fourth-order valence-corrected chi connectivity index (χ4v) is 3.07. The second-order valence-corrected chi connectivity index (χ2v) is 5.52. The third kappa shape index (κ3) is 2.92. The van der Waals surface area contributed by atoms with Crippen LogP contribution in [-0.2, 0) is 6.42 Å². The lowest BCUT2D eigenvalue weighted by molar-refractivity contribution is 0.178. The van der Waals surface area contributed by atoms with Crippen LogP contribution >= 0.6 is 11.3 Å². The Bertz CT molecular complexity index is 511. The Labute approximate surface area is 112 Å². The van der Waals surface area contributed by atoms with E-state index in [4.69, 9.17) is 4.74 Å². The highest BCUT2D eigenvalue weighted by molar-refractivity contribution is 7.10. The summed E-state index contributed by atoms with van der Waals surface area (Å²) in [6, 6.07) is 8.28. The van der Waals surface area contributed by atoms with Gasteiger partial charge < -0.3 is 9.84 Å². The van der Waals surface area contributed by atoms with Crippen molar-refractivity contribution < 1.29 is 9.84 Å². The number of aliphatic hydroxyl groups excluding tert-OH is 1. The summed E-state index contributed by atoms with van der Waals surface area (Å²) in [6.07, 6.45) is 0.125. The van der Waals surface area contributed by atoms with Gasteiger partial charge >= 0.3 is 0 Å². The van der Waals surface area contributed by atoms with Gasteiger partial charge in [-0.3, -0.25) is 0 Å². The molecule has 1 aromatic heterocycles. The molecule has 3 heteroatoms. The Morgan fingerprint density at radius 1 is 1.22 bits per heavy atom. The first kappa shape index (κ1) is 13.1. The molecule has 2 rings (SSSR count). The van der Waals surface area contributed by atoms with Crippen molar-refractivity contribution in [2.45, 2.75) is 26.4 Å². The smallest absolute Gasteiger partial charge is 0.135 e. The van der Waals surface area contributed by atoms with E-state index in [1.54, 1.807) is 7.11 Å². The van der Waals surface area contributed by atoms with Crippen LogP contribution in [0.15, 0.2) is 29.6 Å². The van der Waals surface area contributed by atoms with Gasteiger partial charge in [0.05, 0.1) is 18.1 Å². The number of benzene rings is 1. The first-order valence-electron chi connectivity index (χ1n) is 5.96. The van der Waals surface area contributed by atoms with Crippen LogP contribution in [0.25, 0.3) is 0 Å². The molecule has 1 N–H and O–H groups in total. The quantitative estimate of drug-likeness (QED) is 0.911. The van der Waals surface area contributed by atoms with E-state index in [0.717, 1.165) is 16.2 Å². The average Bonchev–Trinajstić information content (AvgIpc) is 2.75. The van der Waals surface area contributed by atoms with Crippen LogP contribution in [0.4, 0.5) is 0 Å². The first-order chi connectivity index (χ1) is 8.60. The standard InChI is InChI=1S/C15H18O2S/c1-10-6-11(2)8-12(7-10)9-13(16)15-14(17-3)4-5-18-15/h4-8,13,16H,9H2,1-3H3. The zero-order valence-electron chi connectivity index (χ0n) is 10.9. The number of rotatable bonds is 4. The Morgan fingerprint density at radius 2 is 1.89 bits per heavy atom. The van der Waals surface area contributed by atoms with Crippen molar-refractivity contribution in [3.63, 3.8) is 0 Å². The molecular formula is C15H18O2S. The van der Waals surface area contributed by atoms with Gasteiger partial charge in [-0.05, 0) is 30.9 Å². The third-order valence-electron chi connectivity index (χ3n) is 2.89. The molecule has 0 amide bonds. The highest BCUT2D eigenvalue weighted by Crippen LogP contribution is 2.32. The second-order valence-electron chi connectivity index (χ2n) is 4.57. The SMILES string of the molecule is COc1ccsc1C(O)Cc1cc(C)cc(C)c1. The number of thiophene rings is 1. The fraction of sp³-hybridized carbons (Fsp3) is 0.333. The topological polar surface area (TPSA) is 29.5 Å². The highest BCUT2D eigenvalue weighted by Gasteiger charge is 2.15. The maximum atomic E-state index is 10.3. The maximum absolute atomic E-state index is 10.3. The van der Waals surface area contributed by atoms with Crippen molar-refractivity contribution in [3.8, 4) is 5.75 Å². The largest absolute Gasteiger partial charge is 0.495 e. The summed E-state index contributed by atoms with van der Waals surface area (Å²) in [7, 11) is 1.63. The summed E-state index contributed by atoms with van der Waals surface area (Å²) in [5.41, 5.74) is 3.63. The lowest BCUT2D eigenvalue weighted by Crippen LogP contribution is -2.02. The van der Waals surface area contributed by atoms with E-state index in [9.17, 15) is 5.11 Å². The van der Waals surface area contributed by atoms with Gasteiger partial charge in [0.15, 0.2) is 0 Å². The van der Waals surface area contributed by atoms with E-state index in [1.807, 2.05) is 11.4 Å². The molecule has 0 aliphatic carbocycles. The number of hydrogen-bond acceptors (Lipinski definition) is 3. The van der Waals surface area contributed by atoms with Gasteiger partial charge in [-0.15, -0.1) is 11.3 Å². The van der Waals surface area contributed by atoms with Crippen LogP contribution in [0.2, 0.25) is 0 Å². The van der Waals surface area contributed by atoms with Crippen molar-refractivity contribution >= 4 is 11.3 Å². The molecule has 18 heavy (non-hydrogen) atoms. The zero-order chi connectivity index (χ0) is 13.1. The normalized spacial score (nSPS) is 12.4. The van der Waals surface area contributed by atoms with Crippen LogP contribution in [0.3, 0.4) is 0 Å². The van der Waals surface area contributed by atoms with Crippen LogP contribution in [0.5, 0.6) is 5.75 Å².